The van der Waals surface area contributed by atoms with Crippen molar-refractivity contribution in [1.82, 2.24) is 25.2 Å². The molecule has 4 aromatic rings. The summed E-state index contributed by atoms with van der Waals surface area (Å²) in [5, 5.41) is 7.23. The minimum Gasteiger partial charge on any atom is -0.497 e. The number of nitrogens with one attached hydrogen (secondary N) is 2. The van der Waals surface area contributed by atoms with Gasteiger partial charge in [0.25, 0.3) is 0 Å². The summed E-state index contributed by atoms with van der Waals surface area (Å²) in [6.45, 7) is 6.14. The van der Waals surface area contributed by atoms with Gasteiger partial charge in [0.15, 0.2) is 0 Å². The van der Waals surface area contributed by atoms with Crippen molar-refractivity contribution in [2.45, 2.75) is 37.6 Å². The zero-order valence-corrected chi connectivity index (χ0v) is 27.3. The Labute approximate surface area is 281 Å². The van der Waals surface area contributed by atoms with Crippen LogP contribution in [0.5, 0.6) is 11.8 Å². The van der Waals surface area contributed by atoms with Gasteiger partial charge in [-0.3, -0.25) is 4.90 Å². The van der Waals surface area contributed by atoms with Gasteiger partial charge in [-0.1, -0.05) is 23.7 Å². The first-order valence-electron chi connectivity index (χ1n) is 16.2. The topological polar surface area (TPSA) is 96.9 Å². The number of halogens is 4. The van der Waals surface area contributed by atoms with Crippen molar-refractivity contribution < 1.29 is 27.4 Å². The molecule has 5 heterocycles. The lowest BCUT2D eigenvalue weighted by molar-refractivity contribution is -0.137. The van der Waals surface area contributed by atoms with E-state index in [4.69, 9.17) is 35.8 Å². The third-order valence-electron chi connectivity index (χ3n) is 9.17. The Balaban J connectivity index is 1.24. The Morgan fingerprint density at radius 1 is 1.02 bits per heavy atom. The van der Waals surface area contributed by atoms with E-state index in [0.717, 1.165) is 57.3 Å². The molecule has 10 nitrogen and oxygen atoms in total. The zero-order chi connectivity index (χ0) is 33.3. The molecule has 0 radical (unpaired) electrons. The molecule has 2 aromatic heterocycles. The molecule has 48 heavy (non-hydrogen) atoms. The molecule has 254 valence electrons. The Hall–Kier alpha value is -3.91. The van der Waals surface area contributed by atoms with Gasteiger partial charge in [-0.2, -0.15) is 23.1 Å². The largest absolute Gasteiger partial charge is 0.497 e. The van der Waals surface area contributed by atoms with Crippen molar-refractivity contribution in [2.24, 2.45) is 0 Å². The fraction of sp³-hybridized carbons (Fsp3) is 0.441. The van der Waals surface area contributed by atoms with E-state index in [2.05, 4.69) is 25.4 Å². The summed E-state index contributed by atoms with van der Waals surface area (Å²) in [5.41, 5.74) is 0.271. The molecule has 3 saturated heterocycles. The summed E-state index contributed by atoms with van der Waals surface area (Å²) in [5.74, 6) is 1.62. The van der Waals surface area contributed by atoms with E-state index in [9.17, 15) is 13.2 Å². The predicted molar refractivity (Wildman–Crippen MR) is 178 cm³/mol. The third-order valence-corrected chi connectivity index (χ3v) is 9.48. The van der Waals surface area contributed by atoms with Crippen LogP contribution in [0.2, 0.25) is 5.02 Å². The Morgan fingerprint density at radius 2 is 1.81 bits per heavy atom. The highest BCUT2D eigenvalue weighted by molar-refractivity contribution is 6.34. The number of nitrogens with zero attached hydrogens (tertiary/aromatic N) is 5. The molecule has 1 atom stereocenters. The van der Waals surface area contributed by atoms with Crippen molar-refractivity contribution in [3.8, 4) is 23.0 Å². The minimum atomic E-state index is -4.67. The highest BCUT2D eigenvalue weighted by atomic mass is 35.5. The number of fused-ring (bicyclic) bond motifs is 1. The normalized spacial score (nSPS) is 19.0. The second kappa shape index (κ2) is 13.9. The monoisotopic (exact) mass is 683 g/mol. The van der Waals surface area contributed by atoms with Gasteiger partial charge in [0.1, 0.15) is 24.0 Å². The molecule has 3 aliphatic rings. The van der Waals surface area contributed by atoms with Crippen molar-refractivity contribution in [1.29, 1.82) is 0 Å². The van der Waals surface area contributed by atoms with Crippen LogP contribution in [0.25, 0.3) is 22.2 Å². The van der Waals surface area contributed by atoms with E-state index in [-0.39, 0.29) is 34.2 Å². The number of rotatable bonds is 10. The number of likely N-dealkylation sites (tertiary alicyclic amines) is 1. The average molecular weight is 684 g/mol. The highest BCUT2D eigenvalue weighted by Crippen LogP contribution is 2.42. The Bertz CT molecular complexity index is 1750. The van der Waals surface area contributed by atoms with Crippen molar-refractivity contribution in [2.75, 3.05) is 69.9 Å². The molecule has 2 N–H and O–H groups in total. The minimum absolute atomic E-state index is 0.116. The molecule has 3 fully saturated rings. The average Bonchev–Trinajstić information content (AvgIpc) is 3.52. The molecule has 2 aromatic carbocycles. The number of anilines is 2. The molecule has 0 unspecified atom stereocenters. The molecular weight excluding hydrogens is 647 g/mol. The van der Waals surface area contributed by atoms with Crippen LogP contribution in [-0.4, -0.2) is 91.6 Å². The quantitative estimate of drug-likeness (QED) is 0.219. The molecule has 0 saturated carbocycles. The van der Waals surface area contributed by atoms with E-state index < -0.39 is 11.7 Å². The van der Waals surface area contributed by atoms with Crippen molar-refractivity contribution in [3.05, 3.63) is 64.7 Å². The smallest absolute Gasteiger partial charge is 0.418 e. The predicted octanol–water partition coefficient (Wildman–Crippen LogP) is 5.64. The highest BCUT2D eigenvalue weighted by Gasteiger charge is 2.37. The molecule has 0 aliphatic carbocycles. The van der Waals surface area contributed by atoms with Gasteiger partial charge < -0.3 is 29.7 Å². The van der Waals surface area contributed by atoms with Gasteiger partial charge in [-0.05, 0) is 61.3 Å². The number of hydrogen-bond acceptors (Lipinski definition) is 10. The Kier molecular flexibility index (Phi) is 9.45. The van der Waals surface area contributed by atoms with E-state index >= 15 is 0 Å². The number of pyridine rings is 1. The van der Waals surface area contributed by atoms with Gasteiger partial charge in [0.05, 0.1) is 48.2 Å². The zero-order valence-electron chi connectivity index (χ0n) is 26.5. The number of alkyl halides is 3. The SMILES string of the molecule is COc1ccc(CNc2ccc(C(F)(F)F)c(-c3cc4nc(OC[C@@H]5CCCN5C5COC5)nc(N5CCNCC5)c4cc3Cl)n2)cc1. The second-order valence-corrected chi connectivity index (χ2v) is 12.7. The molecule has 0 bridgehead atoms. The Morgan fingerprint density at radius 3 is 2.52 bits per heavy atom. The molecule has 3 aliphatic heterocycles. The van der Waals surface area contributed by atoms with Crippen molar-refractivity contribution in [3.63, 3.8) is 0 Å². The van der Waals surface area contributed by atoms with E-state index in [0.29, 0.717) is 54.8 Å². The van der Waals surface area contributed by atoms with E-state index in [1.54, 1.807) is 19.2 Å². The van der Waals surface area contributed by atoms with Crippen LogP contribution in [0, 0.1) is 0 Å². The van der Waals surface area contributed by atoms with Gasteiger partial charge in [-0.15, -0.1) is 0 Å². The van der Waals surface area contributed by atoms with Crippen LogP contribution >= 0.6 is 11.6 Å². The van der Waals surface area contributed by atoms with Gasteiger partial charge in [-0.25, -0.2) is 4.98 Å². The maximum Gasteiger partial charge on any atom is 0.418 e. The first-order chi connectivity index (χ1) is 23.3. The summed E-state index contributed by atoms with van der Waals surface area (Å²) in [7, 11) is 1.58. The van der Waals surface area contributed by atoms with Crippen LogP contribution in [0.1, 0.15) is 24.0 Å². The summed E-state index contributed by atoms with van der Waals surface area (Å²) >= 11 is 6.80. The fourth-order valence-electron chi connectivity index (χ4n) is 6.51. The maximum atomic E-state index is 14.4. The lowest BCUT2D eigenvalue weighted by Crippen LogP contribution is -2.52. The number of ether oxygens (including phenoxy) is 3. The molecule has 14 heteroatoms. The lowest BCUT2D eigenvalue weighted by Gasteiger charge is -2.38. The van der Waals surface area contributed by atoms with Crippen LogP contribution in [-0.2, 0) is 17.5 Å². The summed E-state index contributed by atoms with van der Waals surface area (Å²) < 4.78 is 60.0. The first kappa shape index (κ1) is 32.6. The van der Waals surface area contributed by atoms with Crippen molar-refractivity contribution >= 4 is 34.1 Å². The third kappa shape index (κ3) is 6.95. The fourth-order valence-corrected chi connectivity index (χ4v) is 6.76. The van der Waals surface area contributed by atoms with Gasteiger partial charge >= 0.3 is 12.2 Å². The van der Waals surface area contributed by atoms with Gasteiger partial charge in [0, 0.05) is 49.7 Å². The molecule has 7 rings (SSSR count). The van der Waals surface area contributed by atoms with Gasteiger partial charge in [0.2, 0.25) is 0 Å². The standard InChI is InChI=1S/C34H37ClF3N7O3/c1-46-24-6-4-21(5-7-24)17-40-30-9-8-27(34(36,37)38)31(42-30)25-16-29-26(15-28(25)35)32(44-13-10-39-11-14-44)43-33(41-29)48-20-22-3-2-12-45(22)23-18-47-19-23/h4-9,15-16,22-23,39H,2-3,10-14,17-20H2,1H3,(H,40,42)/t22-/m0/s1. The molecular formula is C34H37ClF3N7O3. The van der Waals surface area contributed by atoms with Crippen LogP contribution < -0.4 is 25.0 Å². The second-order valence-electron chi connectivity index (χ2n) is 12.2. The molecule has 0 amide bonds. The van der Waals surface area contributed by atoms with E-state index in [1.165, 1.54) is 6.07 Å². The maximum absolute atomic E-state index is 14.4. The summed E-state index contributed by atoms with van der Waals surface area (Å²) in [6.07, 6.45) is -2.58. The number of aromatic nitrogens is 3. The van der Waals surface area contributed by atoms with E-state index in [1.807, 2.05) is 24.3 Å². The molecule has 0 spiro atoms. The summed E-state index contributed by atoms with van der Waals surface area (Å²) in [4.78, 5) is 18.5. The summed E-state index contributed by atoms with van der Waals surface area (Å²) in [6, 6.07) is 13.7. The number of piperazine rings is 1. The van der Waals surface area contributed by atoms with Crippen LogP contribution in [0.3, 0.4) is 0 Å². The van der Waals surface area contributed by atoms with Crippen LogP contribution in [0.15, 0.2) is 48.5 Å². The number of benzene rings is 2. The lowest BCUT2D eigenvalue weighted by atomic mass is 10.0. The first-order valence-corrected chi connectivity index (χ1v) is 16.5. The number of hydrogen-bond donors (Lipinski definition) is 2. The van der Waals surface area contributed by atoms with Crippen LogP contribution in [0.4, 0.5) is 24.8 Å². The number of methoxy groups -OCH3 is 1.